The van der Waals surface area contributed by atoms with E-state index in [2.05, 4.69) is 10.6 Å². The lowest BCUT2D eigenvalue weighted by Gasteiger charge is -2.12. The van der Waals surface area contributed by atoms with Gasteiger partial charge in [0, 0.05) is 11.4 Å². The molecular formula is C27H25N3O5. The first kappa shape index (κ1) is 24.9. The van der Waals surface area contributed by atoms with Gasteiger partial charge in [0.2, 0.25) is 0 Å². The van der Waals surface area contributed by atoms with Gasteiger partial charge in [0.25, 0.3) is 11.8 Å². The van der Waals surface area contributed by atoms with Crippen molar-refractivity contribution in [2.45, 2.75) is 6.92 Å². The van der Waals surface area contributed by atoms with Crippen molar-refractivity contribution in [3.8, 4) is 23.3 Å². The molecule has 0 heterocycles. The lowest BCUT2D eigenvalue weighted by atomic mass is 10.1. The zero-order valence-corrected chi connectivity index (χ0v) is 19.6. The zero-order valence-electron chi connectivity index (χ0n) is 19.6. The van der Waals surface area contributed by atoms with Crippen LogP contribution in [0.4, 0.5) is 11.4 Å². The second kappa shape index (κ2) is 11.9. The highest BCUT2D eigenvalue weighted by molar-refractivity contribution is 6.09. The Morgan fingerprint density at radius 2 is 1.54 bits per heavy atom. The molecule has 0 aromatic heterocycles. The Balaban J connectivity index is 1.66. The smallest absolute Gasteiger partial charge is 0.266 e. The average Bonchev–Trinajstić information content (AvgIpc) is 2.88. The van der Waals surface area contributed by atoms with Gasteiger partial charge >= 0.3 is 0 Å². The van der Waals surface area contributed by atoms with Crippen LogP contribution in [-0.4, -0.2) is 32.6 Å². The highest BCUT2D eigenvalue weighted by atomic mass is 16.5. The molecule has 0 fully saturated rings. The Morgan fingerprint density at radius 1 is 0.886 bits per heavy atom. The molecular weight excluding hydrogens is 446 g/mol. The minimum absolute atomic E-state index is 0.0889. The van der Waals surface area contributed by atoms with Gasteiger partial charge < -0.3 is 24.8 Å². The van der Waals surface area contributed by atoms with E-state index in [1.54, 1.807) is 49.6 Å². The van der Waals surface area contributed by atoms with Crippen molar-refractivity contribution >= 4 is 29.3 Å². The molecule has 0 atom stereocenters. The molecule has 8 heteroatoms. The van der Waals surface area contributed by atoms with Crippen molar-refractivity contribution in [2.24, 2.45) is 0 Å². The zero-order chi connectivity index (χ0) is 25.2. The first-order valence-corrected chi connectivity index (χ1v) is 10.7. The number of hydrogen-bond acceptors (Lipinski definition) is 6. The molecule has 0 aliphatic carbocycles. The molecule has 2 amide bonds. The fraction of sp³-hybridized carbons (Fsp3) is 0.148. The molecule has 0 aliphatic heterocycles. The SMILES string of the molecule is COc1ccc(NC(=O)/C(C#N)=C/c2ccc(OCC(=O)Nc3ccc(C)cc3)c(OC)c2)cc1. The van der Waals surface area contributed by atoms with E-state index in [4.69, 9.17) is 14.2 Å². The van der Waals surface area contributed by atoms with E-state index in [1.807, 2.05) is 37.3 Å². The van der Waals surface area contributed by atoms with E-state index in [0.717, 1.165) is 5.56 Å². The summed E-state index contributed by atoms with van der Waals surface area (Å²) in [6, 6.07) is 21.0. The van der Waals surface area contributed by atoms with Crippen molar-refractivity contribution in [2.75, 3.05) is 31.5 Å². The van der Waals surface area contributed by atoms with Gasteiger partial charge in [-0.25, -0.2) is 0 Å². The summed E-state index contributed by atoms with van der Waals surface area (Å²) in [7, 11) is 3.01. The maximum absolute atomic E-state index is 12.5. The third kappa shape index (κ3) is 7.11. The number of aryl methyl sites for hydroxylation is 1. The second-order valence-electron chi connectivity index (χ2n) is 7.47. The Bertz CT molecular complexity index is 1260. The van der Waals surface area contributed by atoms with Crippen molar-refractivity contribution in [1.82, 2.24) is 0 Å². The van der Waals surface area contributed by atoms with E-state index in [-0.39, 0.29) is 18.1 Å². The Hall–Kier alpha value is -4.77. The number of anilines is 2. The minimum atomic E-state index is -0.551. The van der Waals surface area contributed by atoms with Gasteiger partial charge in [0.15, 0.2) is 18.1 Å². The molecule has 0 spiro atoms. The van der Waals surface area contributed by atoms with Crippen molar-refractivity contribution in [3.05, 3.63) is 83.4 Å². The monoisotopic (exact) mass is 471 g/mol. The molecule has 3 rings (SSSR count). The number of hydrogen-bond donors (Lipinski definition) is 2. The highest BCUT2D eigenvalue weighted by Gasteiger charge is 2.12. The van der Waals surface area contributed by atoms with Gasteiger partial charge in [-0.05, 0) is 67.1 Å². The lowest BCUT2D eigenvalue weighted by molar-refractivity contribution is -0.118. The number of methoxy groups -OCH3 is 2. The van der Waals surface area contributed by atoms with Crippen LogP contribution in [0.25, 0.3) is 6.08 Å². The predicted octanol–water partition coefficient (Wildman–Crippen LogP) is 4.58. The number of carbonyl (C=O) groups is 2. The summed E-state index contributed by atoms with van der Waals surface area (Å²) < 4.78 is 16.1. The summed E-state index contributed by atoms with van der Waals surface area (Å²) in [4.78, 5) is 24.7. The molecule has 178 valence electrons. The minimum Gasteiger partial charge on any atom is -0.497 e. The molecule has 3 aromatic rings. The fourth-order valence-corrected chi connectivity index (χ4v) is 3.06. The summed E-state index contributed by atoms with van der Waals surface area (Å²) in [5.41, 5.74) is 2.76. The first-order valence-electron chi connectivity index (χ1n) is 10.7. The van der Waals surface area contributed by atoms with Gasteiger partial charge in [-0.15, -0.1) is 0 Å². The van der Waals surface area contributed by atoms with Crippen LogP contribution in [0, 0.1) is 18.3 Å². The molecule has 8 nitrogen and oxygen atoms in total. The van der Waals surface area contributed by atoms with Crippen molar-refractivity contribution < 1.29 is 23.8 Å². The third-order valence-corrected chi connectivity index (χ3v) is 4.91. The highest BCUT2D eigenvalue weighted by Crippen LogP contribution is 2.29. The number of rotatable bonds is 9. The number of carbonyl (C=O) groups excluding carboxylic acids is 2. The van der Waals surface area contributed by atoms with Crippen LogP contribution in [0.5, 0.6) is 17.2 Å². The summed E-state index contributed by atoms with van der Waals surface area (Å²) in [6.07, 6.45) is 1.44. The number of nitrogens with one attached hydrogen (secondary N) is 2. The van der Waals surface area contributed by atoms with E-state index in [1.165, 1.54) is 13.2 Å². The quantitative estimate of drug-likeness (QED) is 0.349. The number of ether oxygens (including phenoxy) is 3. The van der Waals surface area contributed by atoms with E-state index < -0.39 is 5.91 Å². The van der Waals surface area contributed by atoms with Gasteiger partial charge in [0.05, 0.1) is 14.2 Å². The van der Waals surface area contributed by atoms with Crippen LogP contribution in [0.1, 0.15) is 11.1 Å². The topological polar surface area (TPSA) is 110 Å². The molecule has 35 heavy (non-hydrogen) atoms. The fourth-order valence-electron chi connectivity index (χ4n) is 3.06. The molecule has 3 aromatic carbocycles. The molecule has 0 radical (unpaired) electrons. The number of amides is 2. The van der Waals surface area contributed by atoms with Crippen LogP contribution >= 0.6 is 0 Å². The first-order chi connectivity index (χ1) is 16.9. The second-order valence-corrected chi connectivity index (χ2v) is 7.47. The lowest BCUT2D eigenvalue weighted by Crippen LogP contribution is -2.20. The largest absolute Gasteiger partial charge is 0.497 e. The van der Waals surface area contributed by atoms with Crippen molar-refractivity contribution in [1.29, 1.82) is 5.26 Å². The number of benzene rings is 3. The van der Waals surface area contributed by atoms with Gasteiger partial charge in [-0.3, -0.25) is 9.59 Å². The summed E-state index contributed by atoms with van der Waals surface area (Å²) in [6.45, 7) is 1.75. The Labute approximate surface area is 203 Å². The van der Waals surface area contributed by atoms with E-state index in [0.29, 0.717) is 34.2 Å². The average molecular weight is 472 g/mol. The maximum atomic E-state index is 12.5. The summed E-state index contributed by atoms with van der Waals surface area (Å²) in [5.74, 6) is 0.493. The Kier molecular flexibility index (Phi) is 8.46. The van der Waals surface area contributed by atoms with E-state index in [9.17, 15) is 14.9 Å². The Morgan fingerprint density at radius 3 is 2.17 bits per heavy atom. The van der Waals surface area contributed by atoms with Gasteiger partial charge in [-0.1, -0.05) is 23.8 Å². The van der Waals surface area contributed by atoms with Crippen LogP contribution in [0.2, 0.25) is 0 Å². The van der Waals surface area contributed by atoms with Crippen molar-refractivity contribution in [3.63, 3.8) is 0 Å². The normalized spacial score (nSPS) is 10.6. The molecule has 0 aliphatic rings. The number of nitriles is 1. The molecule has 0 saturated heterocycles. The molecule has 2 N–H and O–H groups in total. The predicted molar refractivity (Wildman–Crippen MR) is 134 cm³/mol. The van der Waals surface area contributed by atoms with Crippen LogP contribution in [-0.2, 0) is 9.59 Å². The van der Waals surface area contributed by atoms with Crippen LogP contribution in [0.3, 0.4) is 0 Å². The van der Waals surface area contributed by atoms with Gasteiger partial charge in [0.1, 0.15) is 17.4 Å². The molecule has 0 unspecified atom stereocenters. The standard InChI is InChI=1S/C27H25N3O5/c1-18-4-7-21(8-5-18)29-26(31)17-35-24-13-6-19(15-25(24)34-3)14-20(16-28)27(32)30-22-9-11-23(33-2)12-10-22/h4-15H,17H2,1-3H3,(H,29,31)(H,30,32)/b20-14+. The van der Waals surface area contributed by atoms with Gasteiger partial charge in [-0.2, -0.15) is 5.26 Å². The van der Waals surface area contributed by atoms with Crippen LogP contribution < -0.4 is 24.8 Å². The summed E-state index contributed by atoms with van der Waals surface area (Å²) in [5, 5.41) is 14.9. The molecule has 0 bridgehead atoms. The summed E-state index contributed by atoms with van der Waals surface area (Å²) >= 11 is 0. The van der Waals surface area contributed by atoms with Crippen LogP contribution in [0.15, 0.2) is 72.3 Å². The third-order valence-electron chi connectivity index (χ3n) is 4.91. The van der Waals surface area contributed by atoms with E-state index >= 15 is 0 Å². The molecule has 0 saturated carbocycles. The maximum Gasteiger partial charge on any atom is 0.266 e. The number of nitrogens with zero attached hydrogens (tertiary/aromatic N) is 1.